The number of methoxy groups -OCH3 is 1. The van der Waals surface area contributed by atoms with Gasteiger partial charge in [0.25, 0.3) is 5.69 Å². The first-order valence-corrected chi connectivity index (χ1v) is 6.38. The summed E-state index contributed by atoms with van der Waals surface area (Å²) in [7, 11) is 1.29. The molecule has 1 aromatic carbocycles. The van der Waals surface area contributed by atoms with Gasteiger partial charge in [-0.05, 0) is 12.1 Å². The largest absolute Gasteiger partial charge is 0.469 e. The normalized spacial score (nSPS) is 18.4. The van der Waals surface area contributed by atoms with Gasteiger partial charge in [-0.25, -0.2) is 4.39 Å². The molecule has 1 fully saturated rings. The second-order valence-electron chi connectivity index (χ2n) is 4.61. The Labute approximate surface area is 120 Å². The molecule has 1 aliphatic heterocycles. The van der Waals surface area contributed by atoms with Gasteiger partial charge in [0.1, 0.15) is 11.5 Å². The summed E-state index contributed by atoms with van der Waals surface area (Å²) in [6, 6.07) is 3.43. The minimum absolute atomic E-state index is 0.0714. The van der Waals surface area contributed by atoms with Crippen LogP contribution in [-0.2, 0) is 14.3 Å². The van der Waals surface area contributed by atoms with Crippen LogP contribution in [0.2, 0.25) is 0 Å². The molecule has 0 spiro atoms. The van der Waals surface area contributed by atoms with Gasteiger partial charge in [-0.1, -0.05) is 0 Å². The van der Waals surface area contributed by atoms with Crippen LogP contribution in [0.4, 0.5) is 15.8 Å². The van der Waals surface area contributed by atoms with Gasteiger partial charge in [0, 0.05) is 13.1 Å². The number of nitro benzene ring substituents is 1. The van der Waals surface area contributed by atoms with E-state index in [0.717, 1.165) is 6.07 Å². The Morgan fingerprint density at radius 1 is 1.62 bits per heavy atom. The van der Waals surface area contributed by atoms with E-state index in [4.69, 9.17) is 4.74 Å². The lowest BCUT2D eigenvalue weighted by molar-refractivity contribution is -0.384. The Hall–Kier alpha value is -2.22. The van der Waals surface area contributed by atoms with E-state index >= 15 is 0 Å². The number of hydrogen-bond donors (Lipinski definition) is 0. The summed E-state index contributed by atoms with van der Waals surface area (Å²) in [4.78, 5) is 23.4. The summed E-state index contributed by atoms with van der Waals surface area (Å²) in [5.74, 6) is -1.07. The fraction of sp³-hybridized carbons (Fsp3) is 0.462. The molecule has 1 heterocycles. The minimum atomic E-state index is -0.662. The molecule has 7 nitrogen and oxygen atoms in total. The molecule has 114 valence electrons. The molecule has 8 heteroatoms. The molecule has 21 heavy (non-hydrogen) atoms. The zero-order valence-electron chi connectivity index (χ0n) is 11.5. The first-order chi connectivity index (χ1) is 10.0. The highest BCUT2D eigenvalue weighted by Gasteiger charge is 2.27. The smallest absolute Gasteiger partial charge is 0.308 e. The molecule has 1 aromatic rings. The van der Waals surface area contributed by atoms with Crippen molar-refractivity contribution in [2.45, 2.75) is 12.5 Å². The SMILES string of the molecule is COC(=O)CC1CN(c2ccc(F)cc2[N+](=O)[O-])CCO1. The van der Waals surface area contributed by atoms with E-state index in [2.05, 4.69) is 4.74 Å². The monoisotopic (exact) mass is 298 g/mol. The molecule has 0 aliphatic carbocycles. The van der Waals surface area contributed by atoms with E-state index in [0.29, 0.717) is 25.4 Å². The van der Waals surface area contributed by atoms with Crippen LogP contribution in [0.15, 0.2) is 18.2 Å². The number of ether oxygens (including phenoxy) is 2. The van der Waals surface area contributed by atoms with E-state index in [1.807, 2.05) is 0 Å². The molecule has 0 bridgehead atoms. The molecule has 1 saturated heterocycles. The van der Waals surface area contributed by atoms with Gasteiger partial charge in [-0.3, -0.25) is 14.9 Å². The summed E-state index contributed by atoms with van der Waals surface area (Å²) >= 11 is 0. The second-order valence-corrected chi connectivity index (χ2v) is 4.61. The highest BCUT2D eigenvalue weighted by molar-refractivity contribution is 5.70. The molecule has 2 rings (SSSR count). The van der Waals surface area contributed by atoms with Crippen LogP contribution >= 0.6 is 0 Å². The molecular weight excluding hydrogens is 283 g/mol. The predicted octanol–water partition coefficient (Wildman–Crippen LogP) is 1.50. The Morgan fingerprint density at radius 3 is 3.05 bits per heavy atom. The topological polar surface area (TPSA) is 81.9 Å². The number of hydrogen-bond acceptors (Lipinski definition) is 6. The minimum Gasteiger partial charge on any atom is -0.469 e. The highest BCUT2D eigenvalue weighted by atomic mass is 19.1. The molecule has 0 amide bonds. The first kappa shape index (κ1) is 15.2. The van der Waals surface area contributed by atoms with Crippen molar-refractivity contribution in [2.24, 2.45) is 0 Å². The zero-order valence-corrected chi connectivity index (χ0v) is 11.5. The molecule has 1 unspecified atom stereocenters. The van der Waals surface area contributed by atoms with E-state index < -0.39 is 22.8 Å². The van der Waals surface area contributed by atoms with Crippen molar-refractivity contribution in [1.82, 2.24) is 0 Å². The lowest BCUT2D eigenvalue weighted by atomic mass is 10.1. The quantitative estimate of drug-likeness (QED) is 0.476. The van der Waals surface area contributed by atoms with Crippen molar-refractivity contribution in [3.05, 3.63) is 34.1 Å². The molecule has 0 saturated carbocycles. The highest BCUT2D eigenvalue weighted by Crippen LogP contribution is 2.30. The lowest BCUT2D eigenvalue weighted by Gasteiger charge is -2.33. The van der Waals surface area contributed by atoms with Crippen molar-refractivity contribution in [2.75, 3.05) is 31.7 Å². The number of carbonyl (C=O) groups is 1. The van der Waals surface area contributed by atoms with Gasteiger partial charge in [0.05, 0.1) is 37.2 Å². The van der Waals surface area contributed by atoms with Crippen molar-refractivity contribution in [3.63, 3.8) is 0 Å². The van der Waals surface area contributed by atoms with Crippen molar-refractivity contribution in [1.29, 1.82) is 0 Å². The maximum Gasteiger partial charge on any atom is 0.308 e. The van der Waals surface area contributed by atoms with Gasteiger partial charge < -0.3 is 14.4 Å². The molecule has 0 aromatic heterocycles. The van der Waals surface area contributed by atoms with Crippen molar-refractivity contribution < 1.29 is 23.6 Å². The van der Waals surface area contributed by atoms with E-state index in [9.17, 15) is 19.3 Å². The first-order valence-electron chi connectivity index (χ1n) is 6.38. The Bertz CT molecular complexity index is 551. The summed E-state index contributed by atoms with van der Waals surface area (Å²) in [6.45, 7) is 1.07. The third-order valence-corrected chi connectivity index (χ3v) is 3.24. The average Bonchev–Trinajstić information content (AvgIpc) is 2.47. The van der Waals surface area contributed by atoms with E-state index in [1.165, 1.54) is 19.2 Å². The molecule has 0 radical (unpaired) electrons. The number of nitrogens with zero attached hydrogens (tertiary/aromatic N) is 2. The fourth-order valence-corrected chi connectivity index (χ4v) is 2.24. The number of halogens is 1. The third kappa shape index (κ3) is 3.66. The summed E-state index contributed by atoms with van der Waals surface area (Å²) < 4.78 is 23.2. The number of morpholine rings is 1. The number of anilines is 1. The maximum absolute atomic E-state index is 13.2. The van der Waals surface area contributed by atoms with Gasteiger partial charge in [-0.15, -0.1) is 0 Å². The van der Waals surface area contributed by atoms with Gasteiger partial charge in [0.2, 0.25) is 0 Å². The zero-order chi connectivity index (χ0) is 15.4. The Kier molecular flexibility index (Phi) is 4.69. The number of carbonyl (C=O) groups excluding carboxylic acids is 1. The summed E-state index contributed by atoms with van der Waals surface area (Å²) in [5, 5.41) is 11.0. The van der Waals surface area contributed by atoms with E-state index in [1.54, 1.807) is 4.90 Å². The van der Waals surface area contributed by atoms with Crippen LogP contribution in [0.1, 0.15) is 6.42 Å². The predicted molar refractivity (Wildman–Crippen MR) is 71.6 cm³/mol. The number of esters is 1. The molecule has 0 N–H and O–H groups in total. The summed E-state index contributed by atoms with van der Waals surface area (Å²) in [5.41, 5.74) is 0.0216. The molecule has 1 aliphatic rings. The fourth-order valence-electron chi connectivity index (χ4n) is 2.24. The lowest BCUT2D eigenvalue weighted by Crippen LogP contribution is -2.43. The number of rotatable bonds is 4. The van der Waals surface area contributed by atoms with Crippen molar-refractivity contribution in [3.8, 4) is 0 Å². The van der Waals surface area contributed by atoms with Gasteiger partial charge >= 0.3 is 5.97 Å². The number of nitro groups is 1. The Balaban J connectivity index is 2.18. The van der Waals surface area contributed by atoms with Crippen LogP contribution in [0, 0.1) is 15.9 Å². The number of benzene rings is 1. The van der Waals surface area contributed by atoms with Crippen molar-refractivity contribution >= 4 is 17.3 Å². The van der Waals surface area contributed by atoms with Crippen LogP contribution < -0.4 is 4.90 Å². The molecular formula is C13H15FN2O5. The van der Waals surface area contributed by atoms with Gasteiger partial charge in [0.15, 0.2) is 0 Å². The van der Waals surface area contributed by atoms with Crippen LogP contribution in [-0.4, -0.2) is 43.8 Å². The van der Waals surface area contributed by atoms with E-state index in [-0.39, 0.29) is 12.1 Å². The standard InChI is InChI=1S/C13H15FN2O5/c1-20-13(17)7-10-8-15(4-5-21-10)11-3-2-9(14)6-12(11)16(18)19/h2-3,6,10H,4-5,7-8H2,1H3. The van der Waals surface area contributed by atoms with Gasteiger partial charge in [-0.2, -0.15) is 0 Å². The Morgan fingerprint density at radius 2 is 2.38 bits per heavy atom. The van der Waals surface area contributed by atoms with Crippen LogP contribution in [0.3, 0.4) is 0 Å². The van der Waals surface area contributed by atoms with Crippen LogP contribution in [0.25, 0.3) is 0 Å². The second kappa shape index (κ2) is 6.49. The third-order valence-electron chi connectivity index (χ3n) is 3.24. The molecule has 1 atom stereocenters. The van der Waals surface area contributed by atoms with Crippen LogP contribution in [0.5, 0.6) is 0 Å². The summed E-state index contributed by atoms with van der Waals surface area (Å²) in [6.07, 6.45) is -0.335. The maximum atomic E-state index is 13.2. The average molecular weight is 298 g/mol.